The summed E-state index contributed by atoms with van der Waals surface area (Å²) in [6.07, 6.45) is 1.55. The number of nitrogens with one attached hydrogen (secondary N) is 1. The maximum absolute atomic E-state index is 13.3. The van der Waals surface area contributed by atoms with Crippen LogP contribution >= 0.6 is 0 Å². The molecule has 0 aliphatic heterocycles. The number of aliphatic hydroxyl groups excluding tert-OH is 1. The fourth-order valence-corrected chi connectivity index (χ4v) is 11.3. The number of carbonyl (C=O) groups excluding carboxylic acids is 6. The third-order valence-electron chi connectivity index (χ3n) is 16.6. The van der Waals surface area contributed by atoms with E-state index in [1.807, 2.05) is 151 Å². The topological polar surface area (TPSA) is 260 Å². The number of aromatic nitrogens is 1. The highest BCUT2D eigenvalue weighted by Crippen LogP contribution is 2.30. The number of nitrogens with zero attached hydrogens (tertiary/aromatic N) is 4. The average molecular weight is 1440 g/mol. The van der Waals surface area contributed by atoms with E-state index in [1.54, 1.807) is 117 Å². The van der Waals surface area contributed by atoms with Crippen LogP contribution in [0.1, 0.15) is 172 Å². The van der Waals surface area contributed by atoms with Crippen molar-refractivity contribution in [2.45, 2.75) is 89.1 Å². The molecule has 0 spiro atoms. The van der Waals surface area contributed by atoms with Crippen molar-refractivity contribution in [2.75, 3.05) is 67.7 Å². The number of aliphatic hydroxyl groups is 1. The van der Waals surface area contributed by atoms with Gasteiger partial charge in [-0.3, -0.25) is 19.2 Å². The number of aromatic carboxylic acids is 2. The number of carboxylic acid groups (broad SMARTS) is 2. The summed E-state index contributed by atoms with van der Waals surface area (Å²) in [5.74, 6) is -2.39. The van der Waals surface area contributed by atoms with Gasteiger partial charge in [0.05, 0.1) is 55.2 Å². The van der Waals surface area contributed by atoms with E-state index in [2.05, 4.69) is 38.0 Å². The van der Waals surface area contributed by atoms with Crippen molar-refractivity contribution in [3.63, 3.8) is 0 Å². The van der Waals surface area contributed by atoms with Gasteiger partial charge in [-0.25, -0.2) is 24.2 Å². The van der Waals surface area contributed by atoms with E-state index in [0.29, 0.717) is 88.8 Å². The number of ether oxygens (including phenoxy) is 3. The molecule has 8 aromatic carbocycles. The van der Waals surface area contributed by atoms with Gasteiger partial charge in [0.2, 0.25) is 5.88 Å². The lowest BCUT2D eigenvalue weighted by Crippen LogP contribution is -2.32. The molecule has 0 saturated heterocycles. The van der Waals surface area contributed by atoms with Crippen LogP contribution in [0, 0.1) is 45.4 Å². The van der Waals surface area contributed by atoms with Gasteiger partial charge in [0.15, 0.2) is 0 Å². The first-order valence-corrected chi connectivity index (χ1v) is 35.2. The summed E-state index contributed by atoms with van der Waals surface area (Å²) in [6.45, 7) is 25.9. The van der Waals surface area contributed by atoms with Crippen molar-refractivity contribution >= 4 is 47.5 Å². The highest BCUT2D eigenvalue weighted by atomic mass is 16.5. The van der Waals surface area contributed by atoms with Gasteiger partial charge in [0.1, 0.15) is 0 Å². The molecule has 1 atom stereocenters. The molecule has 9 rings (SSSR count). The fourth-order valence-electron chi connectivity index (χ4n) is 11.3. The van der Waals surface area contributed by atoms with Crippen LogP contribution in [0.15, 0.2) is 188 Å². The Morgan fingerprint density at radius 1 is 0.396 bits per heavy atom. The van der Waals surface area contributed by atoms with Crippen LogP contribution in [-0.4, -0.2) is 150 Å². The van der Waals surface area contributed by atoms with E-state index >= 15 is 0 Å². The van der Waals surface area contributed by atoms with Gasteiger partial charge >= 0.3 is 23.9 Å². The van der Waals surface area contributed by atoms with E-state index in [-0.39, 0.29) is 47.6 Å². The first kappa shape index (κ1) is 83.4. The third-order valence-corrected chi connectivity index (χ3v) is 16.6. The van der Waals surface area contributed by atoms with Crippen LogP contribution in [0.3, 0.4) is 0 Å². The number of rotatable bonds is 24. The monoisotopic (exact) mass is 1440 g/mol. The predicted molar refractivity (Wildman–Crippen MR) is 416 cm³/mol. The molecular weight excluding hydrogens is 1340 g/mol. The van der Waals surface area contributed by atoms with Gasteiger partial charge < -0.3 is 49.5 Å². The number of methoxy groups -OCH3 is 1. The number of pyridine rings is 1. The molecule has 9 aromatic rings. The highest BCUT2D eigenvalue weighted by Gasteiger charge is 2.24. The van der Waals surface area contributed by atoms with Crippen LogP contribution in [0.2, 0.25) is 0 Å². The summed E-state index contributed by atoms with van der Waals surface area (Å²) in [7, 11) is 6.80. The molecule has 1 heterocycles. The Morgan fingerprint density at radius 3 is 0.953 bits per heavy atom. The first-order chi connectivity index (χ1) is 50.3. The number of carboxylic acids is 2. The molecule has 1 aromatic heterocycles. The Balaban J connectivity index is 0.000000226. The van der Waals surface area contributed by atoms with Crippen LogP contribution in [0.25, 0.3) is 44.5 Å². The quantitative estimate of drug-likeness (QED) is 0.0410. The minimum Gasteiger partial charge on any atom is -0.481 e. The summed E-state index contributed by atoms with van der Waals surface area (Å²) >= 11 is 0. The van der Waals surface area contributed by atoms with Crippen molar-refractivity contribution in [3.05, 3.63) is 261 Å². The number of hydrogen-bond acceptors (Lipinski definition) is 13. The number of hydrogen-bond donors (Lipinski definition) is 4. The van der Waals surface area contributed by atoms with Gasteiger partial charge in [-0.15, -0.1) is 0 Å². The van der Waals surface area contributed by atoms with Crippen molar-refractivity contribution in [1.82, 2.24) is 25.0 Å². The summed E-state index contributed by atoms with van der Waals surface area (Å²) in [5.41, 5.74) is 14.3. The first-order valence-electron chi connectivity index (χ1n) is 35.2. The lowest BCUT2D eigenvalue weighted by Gasteiger charge is -2.21. The van der Waals surface area contributed by atoms with Gasteiger partial charge in [-0.2, -0.15) is 0 Å². The van der Waals surface area contributed by atoms with E-state index in [4.69, 9.17) is 14.2 Å². The molecule has 0 unspecified atom stereocenters. The maximum atomic E-state index is 13.3. The third kappa shape index (κ3) is 24.8. The smallest absolute Gasteiger partial charge is 0.338 e. The molecule has 0 aliphatic rings. The lowest BCUT2D eigenvalue weighted by molar-refractivity contribution is 0.0516. The van der Waals surface area contributed by atoms with Crippen LogP contribution < -0.4 is 10.1 Å². The molecule has 0 bridgehead atoms. The SMILES string of the molecule is CCOC(=O)c1cc(C(=O)N(C)CC(C)C)cc(-c2ccc(C)cc2)c1.CCOC(=O)c1cc(C(=O)O)cc(-c2ccc(C)cc2)c1.COc1ccc([C@@H](CO)NC(=O)c2cc(C(=O)N(C)CC(C)C)cc(-c3ccc(C)cc3)c2)cn1.Cc1ccc(-c2cc(C(=O)O)cc(C(=O)N(C)CC(C)C)c2)cc1. The van der Waals surface area contributed by atoms with Gasteiger partial charge in [0.25, 0.3) is 23.6 Å². The Hall–Kier alpha value is -11.6. The highest BCUT2D eigenvalue weighted by molar-refractivity contribution is 6.03. The molecule has 0 aliphatic carbocycles. The van der Waals surface area contributed by atoms with E-state index in [1.165, 1.54) is 19.2 Å². The number of esters is 2. The van der Waals surface area contributed by atoms with Gasteiger partial charge in [0, 0.05) is 75.3 Å². The zero-order chi connectivity index (χ0) is 78.1. The van der Waals surface area contributed by atoms with Crippen molar-refractivity contribution in [2.24, 2.45) is 17.8 Å². The Bertz CT molecular complexity index is 4490. The Morgan fingerprint density at radius 2 is 0.679 bits per heavy atom. The number of aryl methyl sites for hydroxylation is 4. The molecule has 4 N–H and O–H groups in total. The molecule has 19 heteroatoms. The standard InChI is InChI=1S/C28H33N3O4.C22H27NO3.C20H23NO3.C17H16O4/c1-18(2)16-31(4)28(34)24-13-22(20-8-6-19(3)7-9-20)12-23(14-24)27(33)30-25(17-32)21-10-11-26(35-5)29-15-21;1-6-26-22(25)20-12-18(17-9-7-16(4)8-10-17)11-19(13-20)21(24)23(5)14-15(2)3;1-13(2)12-21(4)19(22)17-9-16(10-18(11-17)20(23)24)15-7-5-14(3)6-8-15;1-3-21-17(20)15-9-13(8-14(10-15)16(18)19)12-6-4-11(2)5-7-12/h6-15,18,25,32H,16-17H2,1-5H3,(H,30,33);7-13,15H,6,14H2,1-5H3;5-11,13H,12H2,1-4H3,(H,23,24);4-10H,3H2,1-2H3,(H,18,19)/t25-;;;/m1.../s1. The minimum atomic E-state index is -1.07. The molecule has 556 valence electrons. The summed E-state index contributed by atoms with van der Waals surface area (Å²) < 4.78 is 15.2. The Kier molecular flexibility index (Phi) is 31.4. The summed E-state index contributed by atoms with van der Waals surface area (Å²) in [4.78, 5) is 108. The van der Waals surface area contributed by atoms with Gasteiger partial charge in [-0.05, 0) is 188 Å². The van der Waals surface area contributed by atoms with Crippen LogP contribution in [0.4, 0.5) is 0 Å². The van der Waals surface area contributed by atoms with Crippen molar-refractivity contribution in [3.8, 4) is 50.4 Å². The number of amides is 4. The summed E-state index contributed by atoms with van der Waals surface area (Å²) in [5, 5.41) is 31.3. The second kappa shape index (κ2) is 39.9. The molecule has 0 radical (unpaired) electrons. The number of benzene rings is 8. The van der Waals surface area contributed by atoms with Crippen LogP contribution in [-0.2, 0) is 9.47 Å². The largest absolute Gasteiger partial charge is 0.481 e. The maximum Gasteiger partial charge on any atom is 0.338 e. The van der Waals surface area contributed by atoms with Crippen molar-refractivity contribution < 1.29 is 67.9 Å². The van der Waals surface area contributed by atoms with Crippen molar-refractivity contribution in [1.29, 1.82) is 0 Å². The molecule has 0 saturated carbocycles. The Labute approximate surface area is 622 Å². The normalized spacial score (nSPS) is 10.9. The summed E-state index contributed by atoms with van der Waals surface area (Å²) in [6, 6.07) is 53.9. The number of carbonyl (C=O) groups is 8. The van der Waals surface area contributed by atoms with E-state index in [9.17, 15) is 53.7 Å². The lowest BCUT2D eigenvalue weighted by atomic mass is 9.97. The second-order valence-corrected chi connectivity index (χ2v) is 27.3. The van der Waals surface area contributed by atoms with E-state index in [0.717, 1.165) is 61.2 Å². The van der Waals surface area contributed by atoms with Crippen LogP contribution in [0.5, 0.6) is 5.88 Å². The average Bonchev–Trinajstić information content (AvgIpc) is 0.822. The zero-order valence-corrected chi connectivity index (χ0v) is 63.6. The molecule has 4 amide bonds. The second-order valence-electron chi connectivity index (χ2n) is 27.3. The predicted octanol–water partition coefficient (Wildman–Crippen LogP) is 16.4. The van der Waals surface area contributed by atoms with E-state index < -0.39 is 35.8 Å². The molecule has 0 fully saturated rings. The zero-order valence-electron chi connectivity index (χ0n) is 63.6. The molecule has 106 heavy (non-hydrogen) atoms. The minimum absolute atomic E-state index is 0.0659. The van der Waals surface area contributed by atoms with Gasteiger partial charge in [-0.1, -0.05) is 161 Å². The molecular formula is C87H99N5O14. The molecule has 19 nitrogen and oxygen atoms in total. The fraction of sp³-hybridized carbons (Fsp3) is 0.299.